The zero-order valence-corrected chi connectivity index (χ0v) is 24.9. The highest BCUT2D eigenvalue weighted by molar-refractivity contribution is 5.80. The van der Waals surface area contributed by atoms with Crippen LogP contribution in [0.15, 0.2) is 30.3 Å². The number of aromatic nitrogens is 2. The minimum Gasteiger partial charge on any atom is -0.352 e. The van der Waals surface area contributed by atoms with Crippen LogP contribution in [0.1, 0.15) is 57.3 Å². The van der Waals surface area contributed by atoms with E-state index in [4.69, 9.17) is 4.84 Å². The number of carbonyl (C=O) groups excluding carboxylic acids is 2. The van der Waals surface area contributed by atoms with Crippen molar-refractivity contribution in [3.63, 3.8) is 0 Å². The summed E-state index contributed by atoms with van der Waals surface area (Å²) in [6.07, 6.45) is 5.57. The lowest BCUT2D eigenvalue weighted by Crippen LogP contribution is -2.42. The molecule has 1 saturated carbocycles. The Morgan fingerprint density at radius 2 is 1.93 bits per heavy atom. The number of hydrogen-bond donors (Lipinski definition) is 2. The van der Waals surface area contributed by atoms with Gasteiger partial charge >= 0.3 is 0 Å². The molecule has 0 radical (unpaired) electrons. The summed E-state index contributed by atoms with van der Waals surface area (Å²) in [4.78, 5) is 43.7. The largest absolute Gasteiger partial charge is 0.352 e. The number of halogens is 1. The number of hydrogen-bond acceptors (Lipinski definition) is 8. The molecule has 10 nitrogen and oxygen atoms in total. The first-order valence-corrected chi connectivity index (χ1v) is 14.5. The third-order valence-electron chi connectivity index (χ3n) is 8.29. The van der Waals surface area contributed by atoms with Gasteiger partial charge in [-0.3, -0.25) is 25.3 Å². The number of anilines is 2. The lowest BCUT2D eigenvalue weighted by atomic mass is 9.87. The molecular formula is C30H44FN7O3. The molecule has 2 heterocycles. The smallest absolute Gasteiger partial charge is 0.243 e. The molecule has 224 valence electrons. The number of benzene rings is 1. The van der Waals surface area contributed by atoms with E-state index in [1.807, 2.05) is 49.3 Å². The molecule has 2 N–H and O–H groups in total. The fraction of sp³-hybridized carbons (Fsp3) is 0.600. The minimum absolute atomic E-state index is 0.0584. The van der Waals surface area contributed by atoms with E-state index in [1.165, 1.54) is 5.06 Å². The van der Waals surface area contributed by atoms with Crippen molar-refractivity contribution >= 4 is 24.0 Å². The summed E-state index contributed by atoms with van der Waals surface area (Å²) in [7, 11) is 4.06. The quantitative estimate of drug-likeness (QED) is 0.276. The highest BCUT2D eigenvalue weighted by Gasteiger charge is 2.42. The van der Waals surface area contributed by atoms with Crippen LogP contribution in [0.25, 0.3) is 0 Å². The van der Waals surface area contributed by atoms with Gasteiger partial charge in [0.05, 0.1) is 12.5 Å². The van der Waals surface area contributed by atoms with E-state index in [9.17, 15) is 9.59 Å². The van der Waals surface area contributed by atoms with Crippen LogP contribution in [-0.2, 0) is 21.0 Å². The first-order valence-electron chi connectivity index (χ1n) is 14.5. The van der Waals surface area contributed by atoms with Crippen molar-refractivity contribution in [3.8, 4) is 0 Å². The number of likely N-dealkylation sites (N-methyl/N-ethyl adjacent to an activating group) is 1. The van der Waals surface area contributed by atoms with Gasteiger partial charge in [-0.05, 0) is 44.3 Å². The maximum absolute atomic E-state index is 15.7. The Hall–Kier alpha value is -3.31. The Morgan fingerprint density at radius 3 is 2.56 bits per heavy atom. The third kappa shape index (κ3) is 7.91. The van der Waals surface area contributed by atoms with Crippen LogP contribution in [-0.4, -0.2) is 72.0 Å². The summed E-state index contributed by atoms with van der Waals surface area (Å²) in [6, 6.07) is 9.76. The summed E-state index contributed by atoms with van der Waals surface area (Å²) >= 11 is 0. The topological polar surface area (TPSA) is 103 Å². The van der Waals surface area contributed by atoms with Gasteiger partial charge < -0.3 is 9.80 Å². The van der Waals surface area contributed by atoms with E-state index in [0.717, 1.165) is 31.2 Å². The van der Waals surface area contributed by atoms with Crippen LogP contribution < -0.4 is 15.8 Å². The number of aryl methyl sites for hydroxylation is 1. The third-order valence-corrected chi connectivity index (χ3v) is 8.29. The average Bonchev–Trinajstić information content (AvgIpc) is 3.57. The number of hydrazine groups is 1. The highest BCUT2D eigenvalue weighted by atomic mass is 19.1. The number of hydroxylamine groups is 2. The van der Waals surface area contributed by atoms with Crippen molar-refractivity contribution in [2.75, 3.05) is 44.1 Å². The molecular weight excluding hydrogens is 525 g/mol. The predicted molar refractivity (Wildman–Crippen MR) is 156 cm³/mol. The van der Waals surface area contributed by atoms with Gasteiger partial charge in [0.25, 0.3) is 0 Å². The molecule has 1 aromatic heterocycles. The van der Waals surface area contributed by atoms with E-state index in [-0.39, 0.29) is 42.2 Å². The van der Waals surface area contributed by atoms with Gasteiger partial charge in [0.15, 0.2) is 11.6 Å². The Morgan fingerprint density at radius 1 is 1.22 bits per heavy atom. The van der Waals surface area contributed by atoms with Crippen LogP contribution in [0.3, 0.4) is 0 Å². The number of nitrogens with zero attached hydrogens (tertiary/aromatic N) is 5. The molecule has 11 heteroatoms. The SMILES string of the molecule is Cc1nc(NNC(=O)[C@H](CC2CCCC2)CN(C=O)OCc2ccccc2)c(F)c(N2CC(N(C)C)C(C)(C)C2)n1. The van der Waals surface area contributed by atoms with E-state index < -0.39 is 11.7 Å². The van der Waals surface area contributed by atoms with Gasteiger partial charge in [-0.1, -0.05) is 69.9 Å². The molecule has 2 amide bonds. The second-order valence-electron chi connectivity index (χ2n) is 12.3. The van der Waals surface area contributed by atoms with Gasteiger partial charge in [0, 0.05) is 19.1 Å². The Labute approximate surface area is 242 Å². The van der Waals surface area contributed by atoms with Crippen LogP contribution in [0.2, 0.25) is 0 Å². The second kappa shape index (κ2) is 13.6. The maximum atomic E-state index is 15.7. The van der Waals surface area contributed by atoms with Crippen LogP contribution >= 0.6 is 0 Å². The van der Waals surface area contributed by atoms with Crippen LogP contribution in [0.4, 0.5) is 16.0 Å². The average molecular weight is 570 g/mol. The van der Waals surface area contributed by atoms with Crippen molar-refractivity contribution in [3.05, 3.63) is 47.5 Å². The van der Waals surface area contributed by atoms with E-state index in [1.54, 1.807) is 6.92 Å². The minimum atomic E-state index is -0.612. The maximum Gasteiger partial charge on any atom is 0.243 e. The number of rotatable bonds is 13. The number of nitrogens with one attached hydrogen (secondary N) is 2. The van der Waals surface area contributed by atoms with Crippen molar-refractivity contribution in [2.24, 2.45) is 17.3 Å². The Balaban J connectivity index is 1.44. The number of carbonyl (C=O) groups is 2. The molecule has 1 unspecified atom stereocenters. The summed E-state index contributed by atoms with van der Waals surface area (Å²) in [5.74, 6) is -0.583. The molecule has 1 aromatic carbocycles. The Kier molecular flexibility index (Phi) is 10.1. The zero-order chi connectivity index (χ0) is 29.6. The van der Waals surface area contributed by atoms with Crippen molar-refractivity contribution in [1.29, 1.82) is 0 Å². The second-order valence-corrected chi connectivity index (χ2v) is 12.3. The van der Waals surface area contributed by atoms with E-state index >= 15 is 4.39 Å². The van der Waals surface area contributed by atoms with Gasteiger partial charge in [0.2, 0.25) is 18.1 Å². The van der Waals surface area contributed by atoms with Gasteiger partial charge in [0.1, 0.15) is 12.4 Å². The predicted octanol–water partition coefficient (Wildman–Crippen LogP) is 3.93. The summed E-state index contributed by atoms with van der Waals surface area (Å²) in [5, 5.41) is 1.18. The molecule has 2 atom stereocenters. The van der Waals surface area contributed by atoms with E-state index in [2.05, 4.69) is 39.6 Å². The molecule has 0 spiro atoms. The van der Waals surface area contributed by atoms with Gasteiger partial charge in [-0.2, -0.15) is 4.39 Å². The molecule has 1 saturated heterocycles. The lowest BCUT2D eigenvalue weighted by molar-refractivity contribution is -0.182. The van der Waals surface area contributed by atoms with Crippen molar-refractivity contribution in [1.82, 2.24) is 25.4 Å². The summed E-state index contributed by atoms with van der Waals surface area (Å²) in [6.45, 7) is 7.61. The fourth-order valence-corrected chi connectivity index (χ4v) is 6.19. The van der Waals surface area contributed by atoms with Crippen molar-refractivity contribution in [2.45, 2.75) is 65.5 Å². The normalized spacial score (nSPS) is 19.4. The fourth-order valence-electron chi connectivity index (χ4n) is 6.19. The van der Waals surface area contributed by atoms with Crippen LogP contribution in [0, 0.1) is 30.0 Å². The van der Waals surface area contributed by atoms with Crippen molar-refractivity contribution < 1.29 is 18.8 Å². The summed E-state index contributed by atoms with van der Waals surface area (Å²) in [5.41, 5.74) is 6.24. The Bertz CT molecular complexity index is 1170. The zero-order valence-electron chi connectivity index (χ0n) is 24.9. The lowest BCUT2D eigenvalue weighted by Gasteiger charge is -2.30. The molecule has 1 aliphatic carbocycles. The monoisotopic (exact) mass is 569 g/mol. The molecule has 0 bridgehead atoms. The first kappa shape index (κ1) is 30.6. The molecule has 1 aliphatic heterocycles. The number of amides is 2. The van der Waals surface area contributed by atoms with Gasteiger partial charge in [-0.15, -0.1) is 0 Å². The first-order chi connectivity index (χ1) is 19.6. The highest BCUT2D eigenvalue weighted by Crippen LogP contribution is 2.36. The van der Waals surface area contributed by atoms with Crippen LogP contribution in [0.5, 0.6) is 0 Å². The van der Waals surface area contributed by atoms with Gasteiger partial charge in [-0.25, -0.2) is 15.0 Å². The molecule has 2 aromatic rings. The van der Waals surface area contributed by atoms with E-state index in [0.29, 0.717) is 37.7 Å². The molecule has 2 aliphatic rings. The molecule has 41 heavy (non-hydrogen) atoms. The molecule has 2 fully saturated rings. The standard InChI is InChI=1S/C30H44FN7O3/c1-21-32-27(26(31)28(33-21)37-17-25(36(4)5)30(2,3)19-37)34-35-29(40)24(15-22-11-9-10-12-22)16-38(20-39)41-18-23-13-7-6-8-14-23/h6-8,13-14,20,22,24-25H,9-12,15-19H2,1-5H3,(H,35,40)(H,32,33,34)/t24-,25?/m1/s1. The summed E-state index contributed by atoms with van der Waals surface area (Å²) < 4.78 is 15.7. The molecule has 4 rings (SSSR count).